The molecule has 1 amide bonds. The third-order valence-corrected chi connectivity index (χ3v) is 7.41. The summed E-state index contributed by atoms with van der Waals surface area (Å²) in [5.41, 5.74) is 0. The quantitative estimate of drug-likeness (QED) is 0.740. The van der Waals surface area contributed by atoms with E-state index in [1.54, 1.807) is 0 Å². The van der Waals surface area contributed by atoms with Crippen LogP contribution in [-0.2, 0) is 19.6 Å². The van der Waals surface area contributed by atoms with Gasteiger partial charge in [0.05, 0.1) is 4.90 Å². The van der Waals surface area contributed by atoms with Crippen LogP contribution < -0.4 is 0 Å². The van der Waals surface area contributed by atoms with E-state index in [0.29, 0.717) is 38.5 Å². The molecule has 2 aliphatic heterocycles. The molecule has 1 aromatic carbocycles. The van der Waals surface area contributed by atoms with Crippen LogP contribution >= 0.6 is 0 Å². The van der Waals surface area contributed by atoms with Gasteiger partial charge in [0.25, 0.3) is 0 Å². The van der Waals surface area contributed by atoms with Gasteiger partial charge in [-0.2, -0.15) is 4.31 Å². The third-order valence-electron chi connectivity index (χ3n) is 5.52. The molecule has 2 saturated heterocycles. The van der Waals surface area contributed by atoms with Crippen LogP contribution in [-0.4, -0.2) is 61.9 Å². The Kier molecular flexibility index (Phi) is 6.67. The Morgan fingerprint density at radius 3 is 2.29 bits per heavy atom. The molecular weight excluding hydrogens is 390 g/mol. The van der Waals surface area contributed by atoms with Crippen LogP contribution in [0.3, 0.4) is 0 Å². The Labute approximate surface area is 164 Å². The lowest BCUT2D eigenvalue weighted by molar-refractivity contribution is -0.139. The molecule has 0 bridgehead atoms. The number of carbonyl (C=O) groups excluding carboxylic acids is 1. The summed E-state index contributed by atoms with van der Waals surface area (Å²) in [7, 11) is -3.90. The second kappa shape index (κ2) is 8.84. The minimum atomic E-state index is -3.90. The van der Waals surface area contributed by atoms with Crippen molar-refractivity contribution in [3.8, 4) is 0 Å². The van der Waals surface area contributed by atoms with Crippen LogP contribution in [0.15, 0.2) is 23.1 Å². The molecule has 28 heavy (non-hydrogen) atoms. The molecule has 0 N–H and O–H groups in total. The zero-order valence-corrected chi connectivity index (χ0v) is 16.8. The van der Waals surface area contributed by atoms with Crippen LogP contribution in [0.5, 0.6) is 0 Å². The van der Waals surface area contributed by atoms with E-state index in [1.165, 1.54) is 4.31 Å². The van der Waals surface area contributed by atoms with E-state index in [0.717, 1.165) is 25.0 Å². The monoisotopic (exact) mass is 416 g/mol. The highest BCUT2D eigenvalue weighted by atomic mass is 32.2. The van der Waals surface area contributed by atoms with Gasteiger partial charge in [-0.1, -0.05) is 6.92 Å². The number of benzene rings is 1. The maximum atomic E-state index is 13.5. The second-order valence-corrected chi connectivity index (χ2v) is 9.15. The van der Waals surface area contributed by atoms with Crippen molar-refractivity contribution in [3.05, 3.63) is 29.8 Å². The highest BCUT2D eigenvalue weighted by Gasteiger charge is 2.36. The van der Waals surface area contributed by atoms with E-state index in [2.05, 4.69) is 0 Å². The SMILES string of the molecule is CCC(=O)N(C1CCOCC1)C1CCN(S(=O)(=O)c2ccc(F)c(F)c2)CC1. The summed E-state index contributed by atoms with van der Waals surface area (Å²) in [6.07, 6.45) is 3.03. The average Bonchev–Trinajstić information content (AvgIpc) is 2.71. The molecule has 0 spiro atoms. The lowest BCUT2D eigenvalue weighted by Gasteiger charge is -2.43. The van der Waals surface area contributed by atoms with Crippen LogP contribution in [0.25, 0.3) is 0 Å². The molecule has 2 fully saturated rings. The van der Waals surface area contributed by atoms with Gasteiger partial charge in [-0.3, -0.25) is 4.79 Å². The van der Waals surface area contributed by atoms with Gasteiger partial charge in [-0.15, -0.1) is 0 Å². The molecule has 0 saturated carbocycles. The summed E-state index contributed by atoms with van der Waals surface area (Å²) in [6.45, 7) is 3.56. The minimum absolute atomic E-state index is 0.0213. The molecule has 2 aliphatic rings. The van der Waals surface area contributed by atoms with Gasteiger partial charge in [0.1, 0.15) is 0 Å². The molecule has 2 heterocycles. The number of rotatable bonds is 5. The van der Waals surface area contributed by atoms with Gasteiger partial charge in [-0.25, -0.2) is 17.2 Å². The van der Waals surface area contributed by atoms with Crippen LogP contribution in [0, 0.1) is 11.6 Å². The maximum absolute atomic E-state index is 13.5. The highest BCUT2D eigenvalue weighted by Crippen LogP contribution is 2.28. The zero-order chi connectivity index (χ0) is 20.3. The van der Waals surface area contributed by atoms with Gasteiger partial charge in [0.2, 0.25) is 15.9 Å². The van der Waals surface area contributed by atoms with Crippen molar-refractivity contribution in [1.29, 1.82) is 0 Å². The van der Waals surface area contributed by atoms with E-state index < -0.39 is 21.7 Å². The number of hydrogen-bond acceptors (Lipinski definition) is 4. The largest absolute Gasteiger partial charge is 0.381 e. The fourth-order valence-electron chi connectivity index (χ4n) is 4.00. The molecule has 0 radical (unpaired) electrons. The van der Waals surface area contributed by atoms with Crippen LogP contribution in [0.1, 0.15) is 39.0 Å². The molecule has 1 aromatic rings. The lowest BCUT2D eigenvalue weighted by atomic mass is 9.98. The molecule has 3 rings (SSSR count). The van der Waals surface area contributed by atoms with Gasteiger partial charge >= 0.3 is 0 Å². The molecule has 0 unspecified atom stereocenters. The molecule has 6 nitrogen and oxygen atoms in total. The molecule has 0 aromatic heterocycles. The average molecular weight is 416 g/mol. The fourth-order valence-corrected chi connectivity index (χ4v) is 5.48. The van der Waals surface area contributed by atoms with Crippen molar-refractivity contribution in [2.45, 2.75) is 56.0 Å². The minimum Gasteiger partial charge on any atom is -0.381 e. The molecule has 0 aliphatic carbocycles. The first-order valence-electron chi connectivity index (χ1n) is 9.68. The smallest absolute Gasteiger partial charge is 0.243 e. The topological polar surface area (TPSA) is 66.9 Å². The lowest BCUT2D eigenvalue weighted by Crippen LogP contribution is -2.53. The Hall–Kier alpha value is -1.58. The number of carbonyl (C=O) groups is 1. The summed E-state index contributed by atoms with van der Waals surface area (Å²) in [5.74, 6) is -2.19. The second-order valence-electron chi connectivity index (χ2n) is 7.21. The third kappa shape index (κ3) is 4.36. The van der Waals surface area contributed by atoms with Gasteiger partial charge in [0, 0.05) is 44.8 Å². The first kappa shape index (κ1) is 21.1. The first-order chi connectivity index (χ1) is 13.3. The Balaban J connectivity index is 1.71. The van der Waals surface area contributed by atoms with Gasteiger partial charge in [0.15, 0.2) is 11.6 Å². The summed E-state index contributed by atoms with van der Waals surface area (Å²) < 4.78 is 58.8. The van der Waals surface area contributed by atoms with Gasteiger partial charge < -0.3 is 9.64 Å². The number of halogens is 2. The molecule has 9 heteroatoms. The molecule has 156 valence electrons. The van der Waals surface area contributed by atoms with Gasteiger partial charge in [-0.05, 0) is 43.9 Å². The van der Waals surface area contributed by atoms with Crippen molar-refractivity contribution in [1.82, 2.24) is 9.21 Å². The summed E-state index contributed by atoms with van der Waals surface area (Å²) in [4.78, 5) is 14.2. The van der Waals surface area contributed by atoms with Crippen molar-refractivity contribution >= 4 is 15.9 Å². The number of hydrogen-bond donors (Lipinski definition) is 0. The normalized spacial score (nSPS) is 20.2. The number of ether oxygens (including phenoxy) is 1. The highest BCUT2D eigenvalue weighted by molar-refractivity contribution is 7.89. The molecule has 0 atom stereocenters. The number of sulfonamides is 1. The van der Waals surface area contributed by atoms with Crippen molar-refractivity contribution in [2.24, 2.45) is 0 Å². The Morgan fingerprint density at radius 1 is 1.11 bits per heavy atom. The van der Waals surface area contributed by atoms with Crippen molar-refractivity contribution in [3.63, 3.8) is 0 Å². The summed E-state index contributed by atoms with van der Waals surface area (Å²) >= 11 is 0. The van der Waals surface area contributed by atoms with Crippen molar-refractivity contribution in [2.75, 3.05) is 26.3 Å². The standard InChI is InChI=1S/C19H26F2N2O4S/c1-2-19(24)23(15-7-11-27-12-8-15)14-5-9-22(10-6-14)28(25,26)16-3-4-17(20)18(21)13-16/h3-4,13-15H,2,5-12H2,1H3. The number of nitrogens with zero attached hydrogens (tertiary/aromatic N) is 2. The van der Waals surface area contributed by atoms with E-state index in [1.807, 2.05) is 11.8 Å². The number of amides is 1. The van der Waals surface area contributed by atoms with E-state index >= 15 is 0 Å². The van der Waals surface area contributed by atoms with E-state index in [-0.39, 0.29) is 36.0 Å². The van der Waals surface area contributed by atoms with E-state index in [4.69, 9.17) is 4.74 Å². The predicted octanol–water partition coefficient (Wildman–Crippen LogP) is 2.54. The van der Waals surface area contributed by atoms with Crippen LogP contribution in [0.2, 0.25) is 0 Å². The predicted molar refractivity (Wildman–Crippen MR) is 99.1 cm³/mol. The summed E-state index contributed by atoms with van der Waals surface area (Å²) in [6, 6.07) is 2.72. The van der Waals surface area contributed by atoms with Crippen LogP contribution in [0.4, 0.5) is 8.78 Å². The summed E-state index contributed by atoms with van der Waals surface area (Å²) in [5, 5.41) is 0. The Bertz CT molecular complexity index is 804. The Morgan fingerprint density at radius 2 is 1.71 bits per heavy atom. The van der Waals surface area contributed by atoms with Crippen molar-refractivity contribution < 1.29 is 26.7 Å². The first-order valence-corrected chi connectivity index (χ1v) is 11.1. The maximum Gasteiger partial charge on any atom is 0.243 e. The van der Waals surface area contributed by atoms with E-state index in [9.17, 15) is 22.0 Å². The molecular formula is C19H26F2N2O4S. The number of piperidine rings is 1. The fraction of sp³-hybridized carbons (Fsp3) is 0.632. The zero-order valence-electron chi connectivity index (χ0n) is 15.9.